The molecule has 72 valence electrons. The van der Waals surface area contributed by atoms with Crippen LogP contribution in [-0.4, -0.2) is 29.0 Å². The standard InChI is InChI=1S/C7H19N5/c1-6(2)11(7(3)4)12-9-5-8-10-12/h6-10H,5H2,1-4H3. The highest BCUT2D eigenvalue weighted by Gasteiger charge is 2.23. The lowest BCUT2D eigenvalue weighted by molar-refractivity contribution is -0.130. The van der Waals surface area contributed by atoms with Crippen LogP contribution in [0, 0.1) is 0 Å². The Bertz CT molecular complexity index is 122. The van der Waals surface area contributed by atoms with Gasteiger partial charge >= 0.3 is 0 Å². The van der Waals surface area contributed by atoms with E-state index in [2.05, 4.69) is 49.1 Å². The molecule has 0 bridgehead atoms. The lowest BCUT2D eigenvalue weighted by Crippen LogP contribution is -2.58. The van der Waals surface area contributed by atoms with Crippen LogP contribution in [0.4, 0.5) is 0 Å². The molecule has 0 unspecified atom stereocenters. The molecule has 1 aliphatic heterocycles. The molecule has 3 N–H and O–H groups in total. The molecule has 0 radical (unpaired) electrons. The van der Waals surface area contributed by atoms with E-state index < -0.39 is 0 Å². The van der Waals surface area contributed by atoms with Crippen molar-refractivity contribution in [2.75, 3.05) is 6.67 Å². The van der Waals surface area contributed by atoms with E-state index in [0.29, 0.717) is 12.1 Å². The van der Waals surface area contributed by atoms with Crippen molar-refractivity contribution in [1.29, 1.82) is 0 Å². The highest BCUT2D eigenvalue weighted by atomic mass is 16.0. The Labute approximate surface area is 74.0 Å². The molecule has 0 aromatic carbocycles. The molecule has 0 aromatic rings. The van der Waals surface area contributed by atoms with E-state index in [1.165, 1.54) is 0 Å². The van der Waals surface area contributed by atoms with E-state index in [9.17, 15) is 0 Å². The van der Waals surface area contributed by atoms with Gasteiger partial charge in [-0.05, 0) is 27.7 Å². The molecule has 0 saturated carbocycles. The minimum atomic E-state index is 0.477. The first kappa shape index (κ1) is 9.88. The molecule has 1 aliphatic rings. The Balaban J connectivity index is 2.52. The lowest BCUT2D eigenvalue weighted by atomic mass is 10.3. The Morgan fingerprint density at radius 1 is 1.17 bits per heavy atom. The molecule has 5 nitrogen and oxygen atoms in total. The topological polar surface area (TPSA) is 42.6 Å². The van der Waals surface area contributed by atoms with Crippen LogP contribution in [-0.2, 0) is 0 Å². The second-order valence-electron chi connectivity index (χ2n) is 3.50. The summed E-state index contributed by atoms with van der Waals surface area (Å²) in [6, 6.07) is 0.954. The molecule has 1 rings (SSSR count). The zero-order valence-corrected chi connectivity index (χ0v) is 8.26. The van der Waals surface area contributed by atoms with E-state index in [-0.39, 0.29) is 0 Å². The third kappa shape index (κ3) is 2.15. The molecular formula is C7H19N5. The van der Waals surface area contributed by atoms with Gasteiger partial charge in [-0.15, -0.1) is 0 Å². The fourth-order valence-corrected chi connectivity index (χ4v) is 1.47. The van der Waals surface area contributed by atoms with Crippen LogP contribution >= 0.6 is 0 Å². The van der Waals surface area contributed by atoms with Gasteiger partial charge in [-0.3, -0.25) is 0 Å². The highest BCUT2D eigenvalue weighted by molar-refractivity contribution is 4.63. The smallest absolute Gasteiger partial charge is 0.0765 e. The first-order chi connectivity index (χ1) is 5.63. The summed E-state index contributed by atoms with van der Waals surface area (Å²) in [5, 5.41) is 4.12. The van der Waals surface area contributed by atoms with Crippen LogP contribution in [0.3, 0.4) is 0 Å². The highest BCUT2D eigenvalue weighted by Crippen LogP contribution is 2.06. The van der Waals surface area contributed by atoms with Crippen molar-refractivity contribution in [3.63, 3.8) is 0 Å². The van der Waals surface area contributed by atoms with Gasteiger partial charge in [0.15, 0.2) is 0 Å². The predicted octanol–water partition coefficient (Wildman–Crippen LogP) is -0.193. The normalized spacial score (nSPS) is 20.2. The SMILES string of the molecule is CC(C)N(C(C)C)N1NCNN1. The molecule has 5 heteroatoms. The summed E-state index contributed by atoms with van der Waals surface area (Å²) in [5.74, 6) is 0. The average Bonchev–Trinajstić information content (AvgIpc) is 2.37. The number of nitrogens with one attached hydrogen (secondary N) is 3. The van der Waals surface area contributed by atoms with Crippen LogP contribution in [0.15, 0.2) is 0 Å². The first-order valence-electron chi connectivity index (χ1n) is 4.43. The molecule has 0 spiro atoms. The quantitative estimate of drug-likeness (QED) is 0.552. The Morgan fingerprint density at radius 2 is 1.75 bits per heavy atom. The minimum Gasteiger partial charge on any atom is -0.226 e. The van der Waals surface area contributed by atoms with Gasteiger partial charge < -0.3 is 0 Å². The molecule has 0 aromatic heterocycles. The van der Waals surface area contributed by atoms with Crippen molar-refractivity contribution in [2.45, 2.75) is 39.8 Å². The summed E-state index contributed by atoms with van der Waals surface area (Å²) >= 11 is 0. The molecule has 12 heavy (non-hydrogen) atoms. The number of hydrogen-bond donors (Lipinski definition) is 3. The molecule has 1 heterocycles. The van der Waals surface area contributed by atoms with Gasteiger partial charge in [0.2, 0.25) is 0 Å². The van der Waals surface area contributed by atoms with E-state index >= 15 is 0 Å². The van der Waals surface area contributed by atoms with Crippen LogP contribution in [0.1, 0.15) is 27.7 Å². The summed E-state index contributed by atoms with van der Waals surface area (Å²) in [6.45, 7) is 9.43. The van der Waals surface area contributed by atoms with Crippen molar-refractivity contribution in [1.82, 2.24) is 26.6 Å². The molecule has 0 atom stereocenters. The van der Waals surface area contributed by atoms with Crippen molar-refractivity contribution >= 4 is 0 Å². The van der Waals surface area contributed by atoms with Crippen LogP contribution in [0.5, 0.6) is 0 Å². The fourth-order valence-electron chi connectivity index (χ4n) is 1.47. The van der Waals surface area contributed by atoms with Gasteiger partial charge in [-0.2, -0.15) is 5.53 Å². The second kappa shape index (κ2) is 4.15. The zero-order chi connectivity index (χ0) is 9.14. The van der Waals surface area contributed by atoms with Crippen molar-refractivity contribution in [3.8, 4) is 0 Å². The van der Waals surface area contributed by atoms with Gasteiger partial charge in [0, 0.05) is 12.1 Å². The summed E-state index contributed by atoms with van der Waals surface area (Å²) < 4.78 is 0. The van der Waals surface area contributed by atoms with E-state index in [1.807, 2.05) is 5.23 Å². The Hall–Kier alpha value is -0.200. The fraction of sp³-hybridized carbons (Fsp3) is 1.00. The third-order valence-corrected chi connectivity index (χ3v) is 1.79. The van der Waals surface area contributed by atoms with Crippen molar-refractivity contribution in [2.24, 2.45) is 0 Å². The summed E-state index contributed by atoms with van der Waals surface area (Å²) in [4.78, 5) is 0. The number of nitrogens with zero attached hydrogens (tertiary/aromatic N) is 2. The maximum atomic E-state index is 3.16. The van der Waals surface area contributed by atoms with Gasteiger partial charge in [0.25, 0.3) is 0 Å². The van der Waals surface area contributed by atoms with Gasteiger partial charge in [0.05, 0.1) is 6.67 Å². The molecule has 0 amide bonds. The summed E-state index contributed by atoms with van der Waals surface area (Å²) in [5.41, 5.74) is 9.16. The maximum Gasteiger partial charge on any atom is 0.0765 e. The van der Waals surface area contributed by atoms with E-state index in [1.54, 1.807) is 0 Å². The number of hydrogen-bond acceptors (Lipinski definition) is 5. The van der Waals surface area contributed by atoms with Crippen LogP contribution in [0.2, 0.25) is 0 Å². The third-order valence-electron chi connectivity index (χ3n) is 1.79. The Kier molecular flexibility index (Phi) is 3.42. The summed E-state index contributed by atoms with van der Waals surface area (Å²) in [7, 11) is 0. The average molecular weight is 173 g/mol. The lowest BCUT2D eigenvalue weighted by Gasteiger charge is -2.36. The predicted molar refractivity (Wildman–Crippen MR) is 48.2 cm³/mol. The number of rotatable bonds is 3. The molecule has 0 aliphatic carbocycles. The largest absolute Gasteiger partial charge is 0.226 e. The maximum absolute atomic E-state index is 3.16. The van der Waals surface area contributed by atoms with E-state index in [0.717, 1.165) is 6.67 Å². The zero-order valence-electron chi connectivity index (χ0n) is 8.26. The van der Waals surface area contributed by atoms with Crippen molar-refractivity contribution in [3.05, 3.63) is 0 Å². The first-order valence-corrected chi connectivity index (χ1v) is 4.43. The van der Waals surface area contributed by atoms with Crippen LogP contribution in [0.25, 0.3) is 0 Å². The molecular weight excluding hydrogens is 154 g/mol. The minimum absolute atomic E-state index is 0.477. The van der Waals surface area contributed by atoms with Gasteiger partial charge in [-0.1, -0.05) is 5.23 Å². The van der Waals surface area contributed by atoms with Gasteiger partial charge in [0.1, 0.15) is 0 Å². The Morgan fingerprint density at radius 3 is 2.08 bits per heavy atom. The van der Waals surface area contributed by atoms with Crippen LogP contribution < -0.4 is 16.4 Å². The second-order valence-corrected chi connectivity index (χ2v) is 3.50. The molecule has 1 saturated heterocycles. The van der Waals surface area contributed by atoms with E-state index in [4.69, 9.17) is 0 Å². The number of hydrazine groups is 4. The summed E-state index contributed by atoms with van der Waals surface area (Å²) in [6.07, 6.45) is 0. The molecule has 1 fully saturated rings. The van der Waals surface area contributed by atoms with Crippen molar-refractivity contribution < 1.29 is 0 Å². The van der Waals surface area contributed by atoms with Gasteiger partial charge in [-0.25, -0.2) is 15.9 Å². The monoisotopic (exact) mass is 173 g/mol.